The van der Waals surface area contributed by atoms with Gasteiger partial charge in [-0.1, -0.05) is 23.7 Å². The van der Waals surface area contributed by atoms with Gasteiger partial charge in [-0.05, 0) is 18.9 Å². The lowest BCUT2D eigenvalue weighted by molar-refractivity contribution is -0.140. The van der Waals surface area contributed by atoms with Gasteiger partial charge in [-0.2, -0.15) is 4.72 Å². The summed E-state index contributed by atoms with van der Waals surface area (Å²) < 4.78 is 26.1. The van der Waals surface area contributed by atoms with E-state index in [1.165, 1.54) is 18.2 Å². The lowest BCUT2D eigenvalue weighted by atomic mass is 9.97. The van der Waals surface area contributed by atoms with Crippen molar-refractivity contribution in [2.45, 2.75) is 23.3 Å². The van der Waals surface area contributed by atoms with Gasteiger partial charge in [0.1, 0.15) is 13.4 Å². The topological polar surface area (TPSA) is 83.5 Å². The molecule has 2 N–H and O–H groups in total. The third-order valence-electron chi connectivity index (χ3n) is 2.70. The normalized spacial score (nSPS) is 17.6. The van der Waals surface area contributed by atoms with Crippen LogP contribution in [-0.4, -0.2) is 32.9 Å². The van der Waals surface area contributed by atoms with E-state index in [4.69, 9.17) is 13.0 Å². The summed E-state index contributed by atoms with van der Waals surface area (Å²) >= 11 is 0. The third-order valence-corrected chi connectivity index (χ3v) is 4.31. The van der Waals surface area contributed by atoms with E-state index in [0.29, 0.717) is 12.8 Å². The number of sulfonamides is 1. The molecule has 2 radical (unpaired) electrons. The van der Waals surface area contributed by atoms with Crippen LogP contribution in [0, 0.1) is 0 Å². The Morgan fingerprint density at radius 3 is 2.41 bits per heavy atom. The quantitative estimate of drug-likeness (QED) is 0.698. The van der Waals surface area contributed by atoms with Crippen LogP contribution in [0.25, 0.3) is 0 Å². The number of benzene rings is 1. The van der Waals surface area contributed by atoms with Crippen molar-refractivity contribution in [3.8, 4) is 0 Å². The second kappa shape index (κ2) is 3.85. The molecule has 7 heteroatoms. The standard InChI is InChI=1S/C10H10BNO4S/c11-7-3-1-2-4-8(7)17(15,16)12-10(5-6-10)9(13)14/h1-4,12H,5-6H2,(H,13,14). The Hall–Kier alpha value is -1.34. The largest absolute Gasteiger partial charge is 0.480 e. The van der Waals surface area contributed by atoms with Crippen molar-refractivity contribution >= 4 is 29.3 Å². The molecular formula is C10H10BNO4S. The molecule has 17 heavy (non-hydrogen) atoms. The highest BCUT2D eigenvalue weighted by atomic mass is 32.2. The maximum Gasteiger partial charge on any atom is 0.324 e. The Kier molecular flexibility index (Phi) is 2.75. The fourth-order valence-corrected chi connectivity index (χ4v) is 3.07. The number of aliphatic carboxylic acids is 1. The van der Waals surface area contributed by atoms with E-state index >= 15 is 0 Å². The van der Waals surface area contributed by atoms with Crippen molar-refractivity contribution in [2.24, 2.45) is 0 Å². The van der Waals surface area contributed by atoms with Gasteiger partial charge in [-0.3, -0.25) is 4.79 Å². The molecule has 1 aromatic carbocycles. The fraction of sp³-hybridized carbons (Fsp3) is 0.300. The van der Waals surface area contributed by atoms with Gasteiger partial charge in [0.2, 0.25) is 10.0 Å². The minimum Gasteiger partial charge on any atom is -0.480 e. The number of hydrogen-bond acceptors (Lipinski definition) is 3. The molecule has 0 heterocycles. The summed E-state index contributed by atoms with van der Waals surface area (Å²) in [6, 6.07) is 5.94. The predicted molar refractivity (Wildman–Crippen MR) is 61.8 cm³/mol. The van der Waals surface area contributed by atoms with Gasteiger partial charge in [0.25, 0.3) is 0 Å². The Bertz CT molecular complexity index is 565. The van der Waals surface area contributed by atoms with Gasteiger partial charge in [0.15, 0.2) is 0 Å². The minimum absolute atomic E-state index is 0.0903. The number of nitrogens with one attached hydrogen (secondary N) is 1. The lowest BCUT2D eigenvalue weighted by Crippen LogP contribution is -2.44. The molecule has 0 aliphatic heterocycles. The zero-order valence-electron chi connectivity index (χ0n) is 8.88. The Balaban J connectivity index is 2.33. The summed E-state index contributed by atoms with van der Waals surface area (Å²) in [4.78, 5) is 10.8. The van der Waals surface area contributed by atoms with E-state index in [2.05, 4.69) is 4.72 Å². The molecule has 0 amide bonds. The summed E-state index contributed by atoms with van der Waals surface area (Å²) in [5.41, 5.74) is -1.25. The highest BCUT2D eigenvalue weighted by molar-refractivity contribution is 7.89. The van der Waals surface area contributed by atoms with Crippen LogP contribution in [0.2, 0.25) is 0 Å². The van der Waals surface area contributed by atoms with Gasteiger partial charge < -0.3 is 5.11 Å². The van der Waals surface area contributed by atoms with Crippen molar-refractivity contribution in [2.75, 3.05) is 0 Å². The Labute approximate surface area is 100 Å². The van der Waals surface area contributed by atoms with E-state index in [0.717, 1.165) is 0 Å². The van der Waals surface area contributed by atoms with Crippen LogP contribution in [0.3, 0.4) is 0 Å². The number of carboxylic acid groups (broad SMARTS) is 1. The van der Waals surface area contributed by atoms with Crippen LogP contribution < -0.4 is 10.2 Å². The third kappa shape index (κ3) is 2.20. The number of carbonyl (C=O) groups is 1. The second-order valence-electron chi connectivity index (χ2n) is 4.03. The van der Waals surface area contributed by atoms with Crippen molar-refractivity contribution in [3.05, 3.63) is 24.3 Å². The van der Waals surface area contributed by atoms with Crippen LogP contribution in [0.15, 0.2) is 29.2 Å². The SMILES string of the molecule is [B]c1ccccc1S(=O)(=O)NC1(C(=O)O)CC1. The maximum atomic E-state index is 12.0. The molecule has 2 rings (SSSR count). The molecule has 0 atom stereocenters. The van der Waals surface area contributed by atoms with Crippen molar-refractivity contribution < 1.29 is 18.3 Å². The molecule has 1 saturated carbocycles. The summed E-state index contributed by atoms with van der Waals surface area (Å²) in [6.45, 7) is 0. The monoisotopic (exact) mass is 251 g/mol. The molecule has 1 aromatic rings. The summed E-state index contributed by atoms with van der Waals surface area (Å²) in [7, 11) is 1.67. The van der Waals surface area contributed by atoms with E-state index < -0.39 is 21.5 Å². The molecule has 0 aromatic heterocycles. The number of hydrogen-bond donors (Lipinski definition) is 2. The van der Waals surface area contributed by atoms with Crippen LogP contribution in [-0.2, 0) is 14.8 Å². The van der Waals surface area contributed by atoms with E-state index in [1.807, 2.05) is 0 Å². The van der Waals surface area contributed by atoms with Gasteiger partial charge in [0.05, 0.1) is 4.90 Å². The first-order valence-corrected chi connectivity index (χ1v) is 6.48. The van der Waals surface area contributed by atoms with Crippen LogP contribution in [0.1, 0.15) is 12.8 Å². The first kappa shape index (κ1) is 12.1. The Morgan fingerprint density at radius 1 is 1.35 bits per heavy atom. The first-order valence-electron chi connectivity index (χ1n) is 4.99. The molecule has 88 valence electrons. The zero-order valence-corrected chi connectivity index (χ0v) is 9.70. The average Bonchev–Trinajstić information content (AvgIpc) is 2.98. The van der Waals surface area contributed by atoms with Gasteiger partial charge in [-0.15, -0.1) is 0 Å². The predicted octanol–water partition coefficient (Wildman–Crippen LogP) is -0.624. The number of carboxylic acids is 1. The minimum atomic E-state index is -3.89. The summed E-state index contributed by atoms with van der Waals surface area (Å²) in [5.74, 6) is -1.16. The molecular weight excluding hydrogens is 241 g/mol. The lowest BCUT2D eigenvalue weighted by Gasteiger charge is -2.14. The summed E-state index contributed by atoms with van der Waals surface area (Å²) in [6.07, 6.45) is 0.600. The van der Waals surface area contributed by atoms with E-state index in [-0.39, 0.29) is 10.4 Å². The average molecular weight is 251 g/mol. The molecule has 1 aliphatic carbocycles. The van der Waals surface area contributed by atoms with Crippen molar-refractivity contribution in [3.63, 3.8) is 0 Å². The molecule has 0 saturated heterocycles. The number of rotatable bonds is 4. The van der Waals surface area contributed by atoms with Gasteiger partial charge >= 0.3 is 5.97 Å². The van der Waals surface area contributed by atoms with E-state index in [9.17, 15) is 13.2 Å². The van der Waals surface area contributed by atoms with Crippen molar-refractivity contribution in [1.82, 2.24) is 4.72 Å². The second-order valence-corrected chi connectivity index (χ2v) is 5.68. The highest BCUT2D eigenvalue weighted by Crippen LogP contribution is 2.36. The van der Waals surface area contributed by atoms with Crippen molar-refractivity contribution in [1.29, 1.82) is 0 Å². The maximum absolute atomic E-state index is 12.0. The van der Waals surface area contributed by atoms with Gasteiger partial charge in [-0.25, -0.2) is 8.42 Å². The molecule has 0 unspecified atom stereocenters. The smallest absolute Gasteiger partial charge is 0.324 e. The van der Waals surface area contributed by atoms with E-state index in [1.54, 1.807) is 6.07 Å². The Morgan fingerprint density at radius 2 is 1.94 bits per heavy atom. The van der Waals surface area contributed by atoms with Gasteiger partial charge in [0, 0.05) is 0 Å². The highest BCUT2D eigenvalue weighted by Gasteiger charge is 2.53. The molecule has 0 bridgehead atoms. The van der Waals surface area contributed by atoms with Crippen LogP contribution >= 0.6 is 0 Å². The molecule has 1 fully saturated rings. The molecule has 0 spiro atoms. The van der Waals surface area contributed by atoms with Crippen LogP contribution in [0.5, 0.6) is 0 Å². The van der Waals surface area contributed by atoms with Crippen LogP contribution in [0.4, 0.5) is 0 Å². The molecule has 1 aliphatic rings. The first-order chi connectivity index (χ1) is 7.87. The summed E-state index contributed by atoms with van der Waals surface area (Å²) in [5, 5.41) is 8.93. The fourth-order valence-electron chi connectivity index (χ4n) is 1.52. The molecule has 5 nitrogen and oxygen atoms in total. The zero-order chi connectivity index (χ0) is 12.7.